The lowest BCUT2D eigenvalue weighted by Crippen LogP contribution is -2.40. The molecule has 2 rings (SSSR count). The summed E-state index contributed by atoms with van der Waals surface area (Å²) in [4.78, 5) is 13.8. The highest BCUT2D eigenvalue weighted by atomic mass is 35.5. The molecule has 3 heteroatoms. The lowest BCUT2D eigenvalue weighted by molar-refractivity contribution is -0.131. The van der Waals surface area contributed by atoms with Crippen LogP contribution < -0.4 is 0 Å². The van der Waals surface area contributed by atoms with Crippen LogP contribution in [0, 0.1) is 0 Å². The maximum atomic E-state index is 11.9. The first-order chi connectivity index (χ1) is 7.72. The molecule has 0 spiro atoms. The number of rotatable bonds is 2. The third kappa shape index (κ3) is 2.22. The Hall–Kier alpha value is -1.02. The summed E-state index contributed by atoms with van der Waals surface area (Å²) in [5, 5.41) is -0.370. The van der Waals surface area contributed by atoms with E-state index in [-0.39, 0.29) is 11.3 Å². The lowest BCUT2D eigenvalue weighted by atomic mass is 9.99. The fourth-order valence-corrected chi connectivity index (χ4v) is 2.19. The van der Waals surface area contributed by atoms with E-state index < -0.39 is 0 Å². The molecule has 1 aliphatic heterocycles. The zero-order valence-electron chi connectivity index (χ0n) is 9.45. The molecule has 86 valence electrons. The van der Waals surface area contributed by atoms with Crippen molar-refractivity contribution in [1.82, 2.24) is 4.90 Å². The van der Waals surface area contributed by atoms with Crippen LogP contribution in [0.5, 0.6) is 0 Å². The smallest absolute Gasteiger partial charge is 0.240 e. The number of benzene rings is 1. The van der Waals surface area contributed by atoms with Crippen molar-refractivity contribution >= 4 is 17.5 Å². The predicted molar refractivity (Wildman–Crippen MR) is 65.5 cm³/mol. The molecule has 0 radical (unpaired) electrons. The molecule has 1 heterocycles. The SMILES string of the molecule is CCC(Cl)C(=O)N1CCc2ccccc2C1. The summed E-state index contributed by atoms with van der Waals surface area (Å²) >= 11 is 5.98. The van der Waals surface area contributed by atoms with Gasteiger partial charge in [-0.2, -0.15) is 0 Å². The monoisotopic (exact) mass is 237 g/mol. The highest BCUT2D eigenvalue weighted by Gasteiger charge is 2.24. The molecule has 1 aromatic rings. The molecule has 0 saturated carbocycles. The summed E-state index contributed by atoms with van der Waals surface area (Å²) in [6.45, 7) is 3.44. The molecule has 0 saturated heterocycles. The average Bonchev–Trinajstić information content (AvgIpc) is 2.36. The molecular weight excluding hydrogens is 222 g/mol. The molecule has 1 aliphatic rings. The minimum atomic E-state index is -0.370. The van der Waals surface area contributed by atoms with Crippen molar-refractivity contribution in [2.24, 2.45) is 0 Å². The summed E-state index contributed by atoms with van der Waals surface area (Å²) in [7, 11) is 0. The summed E-state index contributed by atoms with van der Waals surface area (Å²) in [5.74, 6) is 0.0682. The van der Waals surface area contributed by atoms with E-state index in [0.29, 0.717) is 13.0 Å². The molecule has 1 aromatic carbocycles. The molecule has 0 N–H and O–H groups in total. The Morgan fingerprint density at radius 2 is 2.12 bits per heavy atom. The number of halogens is 1. The Morgan fingerprint density at radius 3 is 2.81 bits per heavy atom. The molecule has 0 aromatic heterocycles. The summed E-state index contributed by atoms with van der Waals surface area (Å²) < 4.78 is 0. The lowest BCUT2D eigenvalue weighted by Gasteiger charge is -2.30. The van der Waals surface area contributed by atoms with Gasteiger partial charge in [0, 0.05) is 13.1 Å². The highest BCUT2D eigenvalue weighted by molar-refractivity contribution is 6.30. The normalized spacial score (nSPS) is 16.8. The first-order valence-corrected chi connectivity index (χ1v) is 6.15. The molecule has 16 heavy (non-hydrogen) atoms. The van der Waals surface area contributed by atoms with Crippen LogP contribution in [0.1, 0.15) is 24.5 Å². The second kappa shape index (κ2) is 4.88. The van der Waals surface area contributed by atoms with Crippen molar-refractivity contribution < 1.29 is 4.79 Å². The van der Waals surface area contributed by atoms with Gasteiger partial charge in [-0.25, -0.2) is 0 Å². The quantitative estimate of drug-likeness (QED) is 0.724. The molecule has 1 amide bonds. The third-order valence-electron chi connectivity index (χ3n) is 3.07. The molecule has 0 fully saturated rings. The van der Waals surface area contributed by atoms with Crippen LogP contribution >= 0.6 is 11.6 Å². The van der Waals surface area contributed by atoms with Gasteiger partial charge >= 0.3 is 0 Å². The average molecular weight is 238 g/mol. The number of carbonyl (C=O) groups excluding carboxylic acids is 1. The van der Waals surface area contributed by atoms with Crippen molar-refractivity contribution in [1.29, 1.82) is 0 Å². The Morgan fingerprint density at radius 1 is 1.44 bits per heavy atom. The number of amides is 1. The molecule has 1 atom stereocenters. The minimum Gasteiger partial charge on any atom is -0.337 e. The van der Waals surface area contributed by atoms with Crippen LogP contribution in [0.15, 0.2) is 24.3 Å². The van der Waals surface area contributed by atoms with Gasteiger partial charge in [-0.3, -0.25) is 4.79 Å². The van der Waals surface area contributed by atoms with Crippen LogP contribution in [0.25, 0.3) is 0 Å². The van der Waals surface area contributed by atoms with Gasteiger partial charge in [0.15, 0.2) is 0 Å². The van der Waals surface area contributed by atoms with Crippen LogP contribution in [0.3, 0.4) is 0 Å². The minimum absolute atomic E-state index is 0.0682. The fraction of sp³-hybridized carbons (Fsp3) is 0.462. The van der Waals surface area contributed by atoms with Gasteiger partial charge in [-0.05, 0) is 24.0 Å². The first-order valence-electron chi connectivity index (χ1n) is 5.72. The number of nitrogens with zero attached hydrogens (tertiary/aromatic N) is 1. The Kier molecular flexibility index (Phi) is 3.49. The van der Waals surface area contributed by atoms with Crippen molar-refractivity contribution in [2.75, 3.05) is 6.54 Å². The van der Waals surface area contributed by atoms with Gasteiger partial charge in [0.25, 0.3) is 0 Å². The van der Waals surface area contributed by atoms with Crippen molar-refractivity contribution in [3.8, 4) is 0 Å². The Balaban J connectivity index is 2.11. The Labute approximate surface area is 101 Å². The zero-order valence-corrected chi connectivity index (χ0v) is 10.2. The molecule has 0 bridgehead atoms. The van der Waals surface area contributed by atoms with Gasteiger partial charge < -0.3 is 4.90 Å². The van der Waals surface area contributed by atoms with E-state index in [9.17, 15) is 4.79 Å². The number of alkyl halides is 1. The van der Waals surface area contributed by atoms with E-state index in [0.717, 1.165) is 13.0 Å². The maximum absolute atomic E-state index is 11.9. The molecule has 0 aliphatic carbocycles. The third-order valence-corrected chi connectivity index (χ3v) is 3.56. The van der Waals surface area contributed by atoms with E-state index >= 15 is 0 Å². The van der Waals surface area contributed by atoms with Crippen LogP contribution in [-0.2, 0) is 17.8 Å². The van der Waals surface area contributed by atoms with Gasteiger partial charge in [0.1, 0.15) is 5.38 Å². The summed E-state index contributed by atoms with van der Waals surface area (Å²) in [6, 6.07) is 8.29. The van der Waals surface area contributed by atoms with Crippen molar-refractivity contribution in [3.63, 3.8) is 0 Å². The second-order valence-electron chi connectivity index (χ2n) is 4.15. The molecular formula is C13H16ClNO. The largest absolute Gasteiger partial charge is 0.337 e. The number of fused-ring (bicyclic) bond motifs is 1. The predicted octanol–water partition coefficient (Wildman–Crippen LogP) is 2.59. The Bertz CT molecular complexity index is 391. The summed E-state index contributed by atoms with van der Waals surface area (Å²) in [5.41, 5.74) is 2.61. The molecule has 1 unspecified atom stereocenters. The van der Waals surface area contributed by atoms with Crippen LogP contribution in [-0.4, -0.2) is 22.7 Å². The first kappa shape index (κ1) is 11.5. The fourth-order valence-electron chi connectivity index (χ4n) is 2.06. The van der Waals surface area contributed by atoms with Crippen molar-refractivity contribution in [2.45, 2.75) is 31.7 Å². The van der Waals surface area contributed by atoms with Gasteiger partial charge in [-0.1, -0.05) is 31.2 Å². The van der Waals surface area contributed by atoms with E-state index in [1.54, 1.807) is 0 Å². The van der Waals surface area contributed by atoms with Crippen LogP contribution in [0.2, 0.25) is 0 Å². The van der Waals surface area contributed by atoms with E-state index in [2.05, 4.69) is 12.1 Å². The maximum Gasteiger partial charge on any atom is 0.240 e. The standard InChI is InChI=1S/C13H16ClNO/c1-2-12(14)13(16)15-8-7-10-5-3-4-6-11(10)9-15/h3-6,12H,2,7-9H2,1H3. The van der Waals surface area contributed by atoms with Gasteiger partial charge in [0.2, 0.25) is 5.91 Å². The van der Waals surface area contributed by atoms with E-state index in [4.69, 9.17) is 11.6 Å². The van der Waals surface area contributed by atoms with Crippen LogP contribution in [0.4, 0.5) is 0 Å². The number of hydrogen-bond donors (Lipinski definition) is 0. The summed E-state index contributed by atoms with van der Waals surface area (Å²) in [6.07, 6.45) is 1.63. The van der Waals surface area contributed by atoms with Crippen molar-refractivity contribution in [3.05, 3.63) is 35.4 Å². The number of carbonyl (C=O) groups is 1. The van der Waals surface area contributed by atoms with E-state index in [1.165, 1.54) is 11.1 Å². The van der Waals surface area contributed by atoms with Gasteiger partial charge in [0.05, 0.1) is 0 Å². The second-order valence-corrected chi connectivity index (χ2v) is 4.68. The van der Waals surface area contributed by atoms with Gasteiger partial charge in [-0.15, -0.1) is 11.6 Å². The highest BCUT2D eigenvalue weighted by Crippen LogP contribution is 2.20. The van der Waals surface area contributed by atoms with E-state index in [1.807, 2.05) is 24.0 Å². The topological polar surface area (TPSA) is 20.3 Å². The molecule has 2 nitrogen and oxygen atoms in total. The zero-order chi connectivity index (χ0) is 11.5. The number of hydrogen-bond acceptors (Lipinski definition) is 1.